The molecule has 4 rings (SSSR count). The van der Waals surface area contributed by atoms with E-state index in [-0.39, 0.29) is 5.75 Å². The van der Waals surface area contributed by atoms with Crippen LogP contribution in [0, 0.1) is 0 Å². The van der Waals surface area contributed by atoms with Gasteiger partial charge in [-0.15, -0.1) is 0 Å². The fraction of sp³-hybridized carbons (Fsp3) is 0. The Hall–Kier alpha value is -2.54. The van der Waals surface area contributed by atoms with Crippen LogP contribution in [0.3, 0.4) is 0 Å². The van der Waals surface area contributed by atoms with Crippen LogP contribution < -0.4 is 0 Å². The number of rotatable bonds is 0. The van der Waals surface area contributed by atoms with E-state index in [9.17, 15) is 5.11 Å². The first kappa shape index (κ1) is 10.4. The molecule has 0 fully saturated rings. The van der Waals surface area contributed by atoms with Crippen LogP contribution in [0.25, 0.3) is 32.3 Å². The summed E-state index contributed by atoms with van der Waals surface area (Å²) in [6.07, 6.45) is 0. The molecule has 0 heterocycles. The Labute approximate surface area is 110 Å². The highest BCUT2D eigenvalue weighted by Crippen LogP contribution is 2.36. The molecule has 4 aromatic rings. The molecule has 1 radical (unpaired) electrons. The van der Waals surface area contributed by atoms with E-state index >= 15 is 0 Å². The van der Waals surface area contributed by atoms with E-state index < -0.39 is 0 Å². The fourth-order valence-electron chi connectivity index (χ4n) is 2.83. The molecular weight excluding hydrogens is 232 g/mol. The summed E-state index contributed by atoms with van der Waals surface area (Å²) < 4.78 is 0. The normalized spacial score (nSPS) is 11.4. The van der Waals surface area contributed by atoms with Crippen LogP contribution in [-0.2, 0) is 5.11 Å². The predicted molar refractivity (Wildman–Crippen MR) is 79.1 cm³/mol. The van der Waals surface area contributed by atoms with Crippen molar-refractivity contribution in [3.05, 3.63) is 66.7 Å². The third kappa shape index (κ3) is 1.42. The molecule has 0 aliphatic carbocycles. The zero-order valence-electron chi connectivity index (χ0n) is 10.3. The van der Waals surface area contributed by atoms with Gasteiger partial charge in [0, 0.05) is 5.39 Å². The Kier molecular flexibility index (Phi) is 2.04. The topological polar surface area (TPSA) is 19.9 Å². The van der Waals surface area contributed by atoms with Gasteiger partial charge in [-0.05, 0) is 33.0 Å². The highest BCUT2D eigenvalue weighted by molar-refractivity contribution is 6.18. The van der Waals surface area contributed by atoms with Crippen LogP contribution in [0.4, 0.5) is 0 Å². The molecule has 4 aromatic carbocycles. The van der Waals surface area contributed by atoms with Gasteiger partial charge in [0.25, 0.3) is 0 Å². The number of fused-ring (bicyclic) bond motifs is 5. The van der Waals surface area contributed by atoms with Gasteiger partial charge < -0.3 is 0 Å². The third-order valence-corrected chi connectivity index (χ3v) is 3.73. The molecule has 0 aromatic heterocycles. The van der Waals surface area contributed by atoms with E-state index in [1.165, 1.54) is 5.39 Å². The van der Waals surface area contributed by atoms with Crippen molar-refractivity contribution in [3.8, 4) is 5.75 Å². The van der Waals surface area contributed by atoms with Crippen LogP contribution in [0.5, 0.6) is 5.75 Å². The molecule has 0 saturated carbocycles. The summed E-state index contributed by atoms with van der Waals surface area (Å²) in [5.74, 6) is 0.0967. The summed E-state index contributed by atoms with van der Waals surface area (Å²) in [6.45, 7) is 0. The average molecular weight is 243 g/mol. The predicted octanol–water partition coefficient (Wildman–Crippen LogP) is 5.29. The molecule has 1 heteroatoms. The summed E-state index contributed by atoms with van der Waals surface area (Å²) in [7, 11) is 0. The molecule has 1 nitrogen and oxygen atoms in total. The van der Waals surface area contributed by atoms with E-state index in [0.717, 1.165) is 26.9 Å². The van der Waals surface area contributed by atoms with Gasteiger partial charge in [-0.25, -0.2) is 0 Å². The second-order valence-electron chi connectivity index (χ2n) is 4.80. The maximum Gasteiger partial charge on any atom is 0.187 e. The quantitative estimate of drug-likeness (QED) is 0.374. The number of hydrogen-bond acceptors (Lipinski definition) is 0. The lowest BCUT2D eigenvalue weighted by Gasteiger charge is -2.08. The summed E-state index contributed by atoms with van der Waals surface area (Å²) >= 11 is 0. The minimum Gasteiger partial charge on any atom is -0.289 e. The molecule has 0 unspecified atom stereocenters. The maximum atomic E-state index is 12.2. The summed E-state index contributed by atoms with van der Waals surface area (Å²) in [6, 6.07) is 22.0. The Morgan fingerprint density at radius 1 is 0.526 bits per heavy atom. The fourth-order valence-corrected chi connectivity index (χ4v) is 2.83. The van der Waals surface area contributed by atoms with Gasteiger partial charge in [0.05, 0.1) is 0 Å². The highest BCUT2D eigenvalue weighted by Gasteiger charge is 2.08. The summed E-state index contributed by atoms with van der Waals surface area (Å²) in [5.41, 5.74) is 0. The Bertz CT molecular complexity index is 922. The first-order valence-corrected chi connectivity index (χ1v) is 6.35. The van der Waals surface area contributed by atoms with Crippen molar-refractivity contribution in [2.45, 2.75) is 0 Å². The van der Waals surface area contributed by atoms with Crippen molar-refractivity contribution in [2.75, 3.05) is 0 Å². The summed E-state index contributed by atoms with van der Waals surface area (Å²) in [5, 5.41) is 18.6. The van der Waals surface area contributed by atoms with Crippen molar-refractivity contribution in [1.82, 2.24) is 0 Å². The van der Waals surface area contributed by atoms with Crippen LogP contribution in [0.15, 0.2) is 66.7 Å². The first-order chi connectivity index (χ1) is 9.34. The average Bonchev–Trinajstić information content (AvgIpc) is 2.47. The zero-order chi connectivity index (χ0) is 12.8. The van der Waals surface area contributed by atoms with Crippen molar-refractivity contribution in [3.63, 3.8) is 0 Å². The van der Waals surface area contributed by atoms with Gasteiger partial charge in [0.2, 0.25) is 0 Å². The molecule has 0 aliphatic rings. The molecular formula is C18H11O. The molecule has 89 valence electrons. The van der Waals surface area contributed by atoms with Gasteiger partial charge >= 0.3 is 0 Å². The van der Waals surface area contributed by atoms with Gasteiger partial charge in [-0.1, -0.05) is 60.7 Å². The maximum absolute atomic E-state index is 12.2. The molecule has 0 N–H and O–H groups in total. The zero-order valence-corrected chi connectivity index (χ0v) is 10.3. The Balaban J connectivity index is 2.34. The molecule has 0 saturated heterocycles. The van der Waals surface area contributed by atoms with Crippen LogP contribution in [0.2, 0.25) is 0 Å². The third-order valence-electron chi connectivity index (χ3n) is 3.73. The molecule has 0 atom stereocenters. The van der Waals surface area contributed by atoms with Crippen LogP contribution in [0.1, 0.15) is 0 Å². The second kappa shape index (κ2) is 3.72. The van der Waals surface area contributed by atoms with Gasteiger partial charge in [0.1, 0.15) is 0 Å². The van der Waals surface area contributed by atoms with Crippen molar-refractivity contribution < 1.29 is 5.11 Å². The first-order valence-electron chi connectivity index (χ1n) is 6.35. The molecule has 0 spiro atoms. The van der Waals surface area contributed by atoms with Crippen molar-refractivity contribution >= 4 is 32.3 Å². The van der Waals surface area contributed by atoms with Gasteiger partial charge in [-0.3, -0.25) is 5.11 Å². The number of benzene rings is 4. The monoisotopic (exact) mass is 243 g/mol. The lowest BCUT2D eigenvalue weighted by Crippen LogP contribution is -1.81. The molecule has 0 amide bonds. The van der Waals surface area contributed by atoms with Crippen LogP contribution in [-0.4, -0.2) is 0 Å². The molecule has 0 bridgehead atoms. The van der Waals surface area contributed by atoms with E-state index in [4.69, 9.17) is 0 Å². The second-order valence-corrected chi connectivity index (χ2v) is 4.80. The van der Waals surface area contributed by atoms with Crippen molar-refractivity contribution in [2.24, 2.45) is 0 Å². The molecule has 0 aliphatic heterocycles. The minimum atomic E-state index is 0.0967. The lowest BCUT2D eigenvalue weighted by molar-refractivity contribution is 0.361. The smallest absolute Gasteiger partial charge is 0.187 e. The highest BCUT2D eigenvalue weighted by atomic mass is 16.3. The standard InChI is InChI=1S/C18H11O/c19-18-11-17-13-6-2-1-5-12(13)9-10-15(17)14-7-3-4-8-16(14)18/h1-11H. The number of hydrogen-bond donors (Lipinski definition) is 0. The Morgan fingerprint density at radius 3 is 2.00 bits per heavy atom. The largest absolute Gasteiger partial charge is 0.289 e. The van der Waals surface area contributed by atoms with Crippen molar-refractivity contribution in [1.29, 1.82) is 0 Å². The Morgan fingerprint density at radius 2 is 1.16 bits per heavy atom. The van der Waals surface area contributed by atoms with Gasteiger partial charge in [0.15, 0.2) is 5.75 Å². The molecule has 19 heavy (non-hydrogen) atoms. The van der Waals surface area contributed by atoms with E-state index in [0.29, 0.717) is 0 Å². The van der Waals surface area contributed by atoms with E-state index in [1.54, 1.807) is 6.07 Å². The van der Waals surface area contributed by atoms with E-state index in [2.05, 4.69) is 24.3 Å². The lowest BCUT2D eigenvalue weighted by atomic mass is 9.96. The SMILES string of the molecule is [O]c1cc2c3ccccc3ccc2c2ccccc12. The van der Waals surface area contributed by atoms with Gasteiger partial charge in [-0.2, -0.15) is 0 Å². The minimum absolute atomic E-state index is 0.0967. The van der Waals surface area contributed by atoms with Crippen LogP contribution >= 0.6 is 0 Å². The van der Waals surface area contributed by atoms with E-state index in [1.807, 2.05) is 36.4 Å². The summed E-state index contributed by atoms with van der Waals surface area (Å²) in [4.78, 5) is 0.